The molecule has 0 heterocycles. The van der Waals surface area contributed by atoms with E-state index in [1.807, 2.05) is 18.4 Å². The fourth-order valence-electron chi connectivity index (χ4n) is 1.71. The molecule has 0 bridgehead atoms. The van der Waals surface area contributed by atoms with Crippen LogP contribution in [0.2, 0.25) is 0 Å². The van der Waals surface area contributed by atoms with Gasteiger partial charge >= 0.3 is 0 Å². The Labute approximate surface area is 122 Å². The van der Waals surface area contributed by atoms with E-state index in [-0.39, 0.29) is 11.5 Å². The average molecular weight is 309 g/mol. The summed E-state index contributed by atoms with van der Waals surface area (Å²) in [6.07, 6.45) is 1.89. The zero-order valence-corrected chi connectivity index (χ0v) is 12.5. The summed E-state index contributed by atoms with van der Waals surface area (Å²) in [7, 11) is -3.62. The normalized spacial score (nSPS) is 11.3. The standard InChI is InChI=1S/C14H15NO3S2/c1-19-14-5-3-2-4-13(14)15-20(17,18)12-8-6-11(10-16)7-9-12/h2-9,15-16H,10H2,1H3. The Bertz CT molecular complexity index is 682. The molecule has 0 amide bonds. The molecule has 2 N–H and O–H groups in total. The van der Waals surface area contributed by atoms with Gasteiger partial charge in [0.05, 0.1) is 17.2 Å². The van der Waals surface area contributed by atoms with Gasteiger partial charge in [-0.05, 0) is 36.1 Å². The number of aliphatic hydroxyl groups is 1. The molecular weight excluding hydrogens is 294 g/mol. The summed E-state index contributed by atoms with van der Waals surface area (Å²) in [6, 6.07) is 13.4. The fraction of sp³-hybridized carbons (Fsp3) is 0.143. The van der Waals surface area contributed by atoms with Crippen molar-refractivity contribution < 1.29 is 13.5 Å². The molecule has 0 unspecified atom stereocenters. The van der Waals surface area contributed by atoms with Crippen LogP contribution in [0.5, 0.6) is 0 Å². The Balaban J connectivity index is 2.30. The molecule has 6 heteroatoms. The molecule has 0 saturated heterocycles. The van der Waals surface area contributed by atoms with Gasteiger partial charge in [0, 0.05) is 4.90 Å². The molecule has 0 aliphatic rings. The van der Waals surface area contributed by atoms with Crippen LogP contribution in [0.15, 0.2) is 58.3 Å². The molecule has 0 atom stereocenters. The Morgan fingerprint density at radius 1 is 1.10 bits per heavy atom. The van der Waals surface area contributed by atoms with E-state index in [4.69, 9.17) is 5.11 Å². The van der Waals surface area contributed by atoms with E-state index in [9.17, 15) is 8.42 Å². The average Bonchev–Trinajstić information content (AvgIpc) is 2.47. The molecule has 0 spiro atoms. The number of nitrogens with one attached hydrogen (secondary N) is 1. The fourth-order valence-corrected chi connectivity index (χ4v) is 3.40. The van der Waals surface area contributed by atoms with E-state index < -0.39 is 10.0 Å². The van der Waals surface area contributed by atoms with E-state index in [2.05, 4.69) is 4.72 Å². The summed E-state index contributed by atoms with van der Waals surface area (Å²) in [6.45, 7) is -0.108. The van der Waals surface area contributed by atoms with Gasteiger partial charge in [-0.3, -0.25) is 4.72 Å². The van der Waals surface area contributed by atoms with E-state index >= 15 is 0 Å². The van der Waals surface area contributed by atoms with Gasteiger partial charge in [0.25, 0.3) is 10.0 Å². The number of para-hydroxylation sites is 1. The monoisotopic (exact) mass is 309 g/mol. The zero-order chi connectivity index (χ0) is 14.6. The minimum Gasteiger partial charge on any atom is -0.392 e. The largest absolute Gasteiger partial charge is 0.392 e. The van der Waals surface area contributed by atoms with Crippen molar-refractivity contribution in [3.8, 4) is 0 Å². The highest BCUT2D eigenvalue weighted by Gasteiger charge is 2.15. The summed E-state index contributed by atoms with van der Waals surface area (Å²) in [4.78, 5) is 1.04. The van der Waals surface area contributed by atoms with E-state index in [0.29, 0.717) is 11.3 Å². The summed E-state index contributed by atoms with van der Waals surface area (Å²) >= 11 is 1.48. The molecular formula is C14H15NO3S2. The first-order valence-corrected chi connectivity index (χ1v) is 8.63. The predicted molar refractivity (Wildman–Crippen MR) is 81.4 cm³/mol. The highest BCUT2D eigenvalue weighted by Crippen LogP contribution is 2.27. The van der Waals surface area contributed by atoms with Crippen molar-refractivity contribution in [2.75, 3.05) is 11.0 Å². The molecule has 0 radical (unpaired) electrons. The molecule has 0 aliphatic carbocycles. The number of sulfonamides is 1. The van der Waals surface area contributed by atoms with Gasteiger partial charge in [-0.2, -0.15) is 0 Å². The second-order valence-corrected chi connectivity index (χ2v) is 6.64. The van der Waals surface area contributed by atoms with Crippen LogP contribution >= 0.6 is 11.8 Å². The molecule has 2 rings (SSSR count). The Kier molecular flexibility index (Phi) is 4.69. The zero-order valence-electron chi connectivity index (χ0n) is 10.9. The third kappa shape index (κ3) is 3.33. The maximum atomic E-state index is 12.3. The Hall–Kier alpha value is -1.50. The lowest BCUT2D eigenvalue weighted by Gasteiger charge is -2.11. The summed E-state index contributed by atoms with van der Waals surface area (Å²) in [5.41, 5.74) is 1.24. The minimum atomic E-state index is -3.62. The smallest absolute Gasteiger partial charge is 0.261 e. The van der Waals surface area contributed by atoms with Crippen LogP contribution in [0.4, 0.5) is 5.69 Å². The van der Waals surface area contributed by atoms with Crippen molar-refractivity contribution in [3.05, 3.63) is 54.1 Å². The Morgan fingerprint density at radius 2 is 1.75 bits per heavy atom. The minimum absolute atomic E-state index is 0.108. The molecule has 0 aromatic heterocycles. The second-order valence-electron chi connectivity index (χ2n) is 4.11. The van der Waals surface area contributed by atoms with Crippen LogP contribution in [0, 0.1) is 0 Å². The highest BCUT2D eigenvalue weighted by atomic mass is 32.2. The molecule has 4 nitrogen and oxygen atoms in total. The number of benzene rings is 2. The van der Waals surface area contributed by atoms with Crippen LogP contribution in [-0.2, 0) is 16.6 Å². The van der Waals surface area contributed by atoms with Crippen LogP contribution < -0.4 is 4.72 Å². The van der Waals surface area contributed by atoms with Crippen LogP contribution in [0.1, 0.15) is 5.56 Å². The lowest BCUT2D eigenvalue weighted by molar-refractivity contribution is 0.282. The van der Waals surface area contributed by atoms with Gasteiger partial charge in [-0.15, -0.1) is 11.8 Å². The van der Waals surface area contributed by atoms with Gasteiger partial charge in [0.2, 0.25) is 0 Å². The molecule has 20 heavy (non-hydrogen) atoms. The van der Waals surface area contributed by atoms with Crippen molar-refractivity contribution in [3.63, 3.8) is 0 Å². The summed E-state index contributed by atoms with van der Waals surface area (Å²) < 4.78 is 27.2. The number of hydrogen-bond donors (Lipinski definition) is 2. The predicted octanol–water partition coefficient (Wildman–Crippen LogP) is 2.70. The topological polar surface area (TPSA) is 66.4 Å². The molecule has 0 fully saturated rings. The number of rotatable bonds is 5. The summed E-state index contributed by atoms with van der Waals surface area (Å²) in [5, 5.41) is 8.97. The quantitative estimate of drug-likeness (QED) is 0.833. The van der Waals surface area contributed by atoms with Crippen LogP contribution in [-0.4, -0.2) is 19.8 Å². The van der Waals surface area contributed by atoms with Gasteiger partial charge < -0.3 is 5.11 Å². The van der Waals surface area contributed by atoms with Crippen molar-refractivity contribution in [2.24, 2.45) is 0 Å². The number of hydrogen-bond acceptors (Lipinski definition) is 4. The van der Waals surface area contributed by atoms with Gasteiger partial charge in [-0.25, -0.2) is 8.42 Å². The molecule has 106 valence electrons. The Morgan fingerprint density at radius 3 is 2.35 bits per heavy atom. The third-order valence-electron chi connectivity index (χ3n) is 2.77. The first-order valence-electron chi connectivity index (χ1n) is 5.92. The van der Waals surface area contributed by atoms with Crippen molar-refractivity contribution in [1.29, 1.82) is 0 Å². The number of aliphatic hydroxyl groups excluding tert-OH is 1. The van der Waals surface area contributed by atoms with E-state index in [0.717, 1.165) is 4.90 Å². The second kappa shape index (κ2) is 6.30. The maximum Gasteiger partial charge on any atom is 0.261 e. The lowest BCUT2D eigenvalue weighted by Crippen LogP contribution is -2.13. The molecule has 2 aromatic carbocycles. The maximum absolute atomic E-state index is 12.3. The van der Waals surface area contributed by atoms with E-state index in [1.54, 1.807) is 24.3 Å². The number of anilines is 1. The number of thioether (sulfide) groups is 1. The summed E-state index contributed by atoms with van der Waals surface area (Å²) in [5.74, 6) is 0. The third-order valence-corrected chi connectivity index (χ3v) is 4.94. The lowest BCUT2D eigenvalue weighted by atomic mass is 10.2. The van der Waals surface area contributed by atoms with Gasteiger partial charge in [-0.1, -0.05) is 24.3 Å². The van der Waals surface area contributed by atoms with Crippen molar-refractivity contribution in [2.45, 2.75) is 16.4 Å². The van der Waals surface area contributed by atoms with E-state index in [1.165, 1.54) is 23.9 Å². The highest BCUT2D eigenvalue weighted by molar-refractivity contribution is 7.99. The van der Waals surface area contributed by atoms with Gasteiger partial charge in [0.1, 0.15) is 0 Å². The van der Waals surface area contributed by atoms with Crippen LogP contribution in [0.25, 0.3) is 0 Å². The first kappa shape index (κ1) is 14.9. The van der Waals surface area contributed by atoms with Crippen LogP contribution in [0.3, 0.4) is 0 Å². The van der Waals surface area contributed by atoms with Gasteiger partial charge in [0.15, 0.2) is 0 Å². The first-order chi connectivity index (χ1) is 9.56. The molecule has 0 saturated carbocycles. The molecule has 0 aliphatic heterocycles. The SMILES string of the molecule is CSc1ccccc1NS(=O)(=O)c1ccc(CO)cc1. The van der Waals surface area contributed by atoms with Crippen molar-refractivity contribution >= 4 is 27.5 Å². The molecule has 2 aromatic rings. The van der Waals surface area contributed by atoms with Crippen molar-refractivity contribution in [1.82, 2.24) is 0 Å².